The van der Waals surface area contributed by atoms with E-state index in [0.29, 0.717) is 31.7 Å². The Morgan fingerprint density at radius 3 is 2.24 bits per heavy atom. The minimum absolute atomic E-state index is 0.0636. The number of likely N-dealkylation sites (N-methyl/N-ethyl adjacent to an activating group) is 1. The highest BCUT2D eigenvalue weighted by Crippen LogP contribution is 2.34. The summed E-state index contributed by atoms with van der Waals surface area (Å²) in [4.78, 5) is 13.7. The van der Waals surface area contributed by atoms with E-state index in [2.05, 4.69) is 5.32 Å². The molecule has 0 aliphatic heterocycles. The molecule has 0 bridgehead atoms. The molecule has 2 rings (SSSR count). The van der Waals surface area contributed by atoms with Gasteiger partial charge in [0.1, 0.15) is 0 Å². The first kappa shape index (κ1) is 23.7. The van der Waals surface area contributed by atoms with Gasteiger partial charge in [-0.15, -0.1) is 0 Å². The molecule has 1 aromatic rings. The Hall–Kier alpha value is -1.61. The van der Waals surface area contributed by atoms with Crippen LogP contribution >= 0.6 is 0 Å². The molecular formula is C20H29F3N2O3S. The average molecular weight is 435 g/mol. The Morgan fingerprint density at radius 2 is 1.72 bits per heavy atom. The summed E-state index contributed by atoms with van der Waals surface area (Å²) in [6.45, 7) is 5.91. The van der Waals surface area contributed by atoms with Crippen molar-refractivity contribution in [3.63, 3.8) is 0 Å². The number of halogens is 3. The molecule has 0 heterocycles. The number of hydrogen-bond donors (Lipinski definition) is 1. The zero-order chi connectivity index (χ0) is 22.0. The number of benzene rings is 1. The van der Waals surface area contributed by atoms with Gasteiger partial charge in [-0.1, -0.05) is 6.07 Å². The van der Waals surface area contributed by atoms with E-state index in [1.807, 2.05) is 32.7 Å². The molecule has 29 heavy (non-hydrogen) atoms. The van der Waals surface area contributed by atoms with Crippen LogP contribution in [0.1, 0.15) is 52.0 Å². The zero-order valence-electron chi connectivity index (χ0n) is 17.2. The lowest BCUT2D eigenvalue weighted by Crippen LogP contribution is -2.48. The lowest BCUT2D eigenvalue weighted by Gasteiger charge is -2.34. The van der Waals surface area contributed by atoms with Crippen LogP contribution in [-0.2, 0) is 20.8 Å². The van der Waals surface area contributed by atoms with Crippen LogP contribution in [0.4, 0.5) is 13.2 Å². The van der Waals surface area contributed by atoms with E-state index >= 15 is 0 Å². The predicted octanol–water partition coefficient (Wildman–Crippen LogP) is 3.64. The van der Waals surface area contributed by atoms with Crippen LogP contribution in [0.25, 0.3) is 0 Å². The van der Waals surface area contributed by atoms with E-state index in [0.717, 1.165) is 12.1 Å². The van der Waals surface area contributed by atoms with E-state index < -0.39 is 26.8 Å². The Morgan fingerprint density at radius 1 is 1.14 bits per heavy atom. The van der Waals surface area contributed by atoms with E-state index in [9.17, 15) is 26.4 Å². The summed E-state index contributed by atoms with van der Waals surface area (Å²) in [5, 5.41) is 2.18. The second kappa shape index (κ2) is 8.63. The maximum atomic E-state index is 12.9. The van der Waals surface area contributed by atoms with Crippen molar-refractivity contribution in [2.75, 3.05) is 13.6 Å². The van der Waals surface area contributed by atoms with Gasteiger partial charge in [0.15, 0.2) is 9.84 Å². The number of rotatable bonds is 5. The quantitative estimate of drug-likeness (QED) is 0.769. The van der Waals surface area contributed by atoms with E-state index in [1.165, 1.54) is 6.07 Å². The number of carbonyl (C=O) groups is 1. The van der Waals surface area contributed by atoms with Crippen molar-refractivity contribution in [2.24, 2.45) is 0 Å². The molecule has 9 heteroatoms. The van der Waals surface area contributed by atoms with Crippen molar-refractivity contribution in [3.8, 4) is 0 Å². The molecule has 5 nitrogen and oxygen atoms in total. The normalized spacial score (nSPS) is 21.2. The van der Waals surface area contributed by atoms with Gasteiger partial charge < -0.3 is 5.32 Å². The largest absolute Gasteiger partial charge is 0.416 e. The van der Waals surface area contributed by atoms with Gasteiger partial charge in [0, 0.05) is 11.6 Å². The van der Waals surface area contributed by atoms with Crippen molar-refractivity contribution in [1.29, 1.82) is 0 Å². The minimum atomic E-state index is -4.58. The SMILES string of the molecule is CN(CC(=O)NC(C)(C)C)[C@H]1CC[C@H](S(=O)(=O)c2cccc(C(F)(F)F)c2)CC1. The number of sulfone groups is 1. The second-order valence-corrected chi connectivity index (χ2v) is 10.9. The molecule has 0 saturated heterocycles. The summed E-state index contributed by atoms with van der Waals surface area (Å²) in [7, 11) is -2.01. The van der Waals surface area contributed by atoms with Gasteiger partial charge in [-0.2, -0.15) is 13.2 Å². The fourth-order valence-corrected chi connectivity index (χ4v) is 5.49. The van der Waals surface area contributed by atoms with Gasteiger partial charge in [-0.05, 0) is 71.7 Å². The molecule has 164 valence electrons. The number of carbonyl (C=O) groups excluding carboxylic acids is 1. The maximum Gasteiger partial charge on any atom is 0.416 e. The molecule has 1 amide bonds. The average Bonchev–Trinajstić information content (AvgIpc) is 2.59. The smallest absolute Gasteiger partial charge is 0.350 e. The summed E-state index contributed by atoms with van der Waals surface area (Å²) < 4.78 is 64.4. The summed E-state index contributed by atoms with van der Waals surface area (Å²) in [5.41, 5.74) is -1.29. The third-order valence-corrected chi connectivity index (χ3v) is 7.36. The van der Waals surface area contributed by atoms with Gasteiger partial charge >= 0.3 is 6.18 Å². The molecule has 1 aliphatic carbocycles. The predicted molar refractivity (Wildman–Crippen MR) is 105 cm³/mol. The summed E-state index contributed by atoms with van der Waals surface area (Å²) in [5.74, 6) is -0.0984. The van der Waals surface area contributed by atoms with Crippen molar-refractivity contribution in [1.82, 2.24) is 10.2 Å². The molecule has 0 radical (unpaired) electrons. The molecule has 1 fully saturated rings. The molecule has 1 aliphatic rings. The first-order valence-electron chi connectivity index (χ1n) is 9.62. The summed E-state index contributed by atoms with van der Waals surface area (Å²) >= 11 is 0. The maximum absolute atomic E-state index is 12.9. The molecule has 1 N–H and O–H groups in total. The van der Waals surface area contributed by atoms with Gasteiger partial charge in [-0.25, -0.2) is 8.42 Å². The van der Waals surface area contributed by atoms with Crippen LogP contribution in [0.15, 0.2) is 29.2 Å². The van der Waals surface area contributed by atoms with Crippen LogP contribution in [0.2, 0.25) is 0 Å². The van der Waals surface area contributed by atoms with Crippen LogP contribution in [-0.4, -0.2) is 49.6 Å². The van der Waals surface area contributed by atoms with Crippen molar-refractivity contribution in [3.05, 3.63) is 29.8 Å². The number of amides is 1. The molecule has 0 unspecified atom stereocenters. The Balaban J connectivity index is 2.00. The molecule has 0 spiro atoms. The van der Waals surface area contributed by atoms with E-state index in [1.54, 1.807) is 0 Å². The summed E-state index contributed by atoms with van der Waals surface area (Å²) in [6.07, 6.45) is -2.73. The Kier molecular flexibility index (Phi) is 7.05. The third kappa shape index (κ3) is 6.44. The second-order valence-electron chi connectivity index (χ2n) is 8.71. The zero-order valence-corrected chi connectivity index (χ0v) is 18.0. The number of nitrogens with one attached hydrogen (secondary N) is 1. The Bertz CT molecular complexity index is 824. The lowest BCUT2D eigenvalue weighted by molar-refractivity contribution is -0.137. The van der Waals surface area contributed by atoms with E-state index in [-0.39, 0.29) is 28.9 Å². The van der Waals surface area contributed by atoms with Crippen molar-refractivity contribution in [2.45, 2.75) is 74.4 Å². The highest BCUT2D eigenvalue weighted by molar-refractivity contribution is 7.92. The van der Waals surface area contributed by atoms with Gasteiger partial charge in [0.25, 0.3) is 0 Å². The van der Waals surface area contributed by atoms with Crippen LogP contribution < -0.4 is 5.32 Å². The monoisotopic (exact) mass is 434 g/mol. The Labute approximate surface area is 170 Å². The fourth-order valence-electron chi connectivity index (χ4n) is 3.65. The number of hydrogen-bond acceptors (Lipinski definition) is 4. The number of alkyl halides is 3. The first-order chi connectivity index (χ1) is 13.2. The van der Waals surface area contributed by atoms with Crippen molar-refractivity contribution < 1.29 is 26.4 Å². The number of nitrogens with zero attached hydrogens (tertiary/aromatic N) is 1. The highest BCUT2D eigenvalue weighted by atomic mass is 32.2. The fraction of sp³-hybridized carbons (Fsp3) is 0.650. The minimum Gasteiger partial charge on any atom is -0.350 e. The molecule has 1 aromatic carbocycles. The first-order valence-corrected chi connectivity index (χ1v) is 11.2. The van der Waals surface area contributed by atoms with Crippen molar-refractivity contribution >= 4 is 15.7 Å². The van der Waals surface area contributed by atoms with Gasteiger partial charge in [0.2, 0.25) is 5.91 Å². The van der Waals surface area contributed by atoms with Crippen LogP contribution in [0.3, 0.4) is 0 Å². The standard InChI is InChI=1S/C20H29F3N2O3S/c1-19(2,3)24-18(26)13-25(4)15-8-10-16(11-9-15)29(27,28)17-7-5-6-14(12-17)20(21,22)23/h5-7,12,15-16H,8-11,13H2,1-4H3,(H,24,26)/t15-,16-. The third-order valence-electron chi connectivity index (χ3n) is 5.10. The highest BCUT2D eigenvalue weighted by Gasteiger charge is 2.36. The lowest BCUT2D eigenvalue weighted by atomic mass is 9.94. The molecular weight excluding hydrogens is 405 g/mol. The van der Waals surface area contributed by atoms with E-state index in [4.69, 9.17) is 0 Å². The summed E-state index contributed by atoms with van der Waals surface area (Å²) in [6, 6.07) is 3.99. The van der Waals surface area contributed by atoms with Gasteiger partial charge in [0.05, 0.1) is 22.3 Å². The molecule has 1 saturated carbocycles. The van der Waals surface area contributed by atoms with Crippen LogP contribution in [0.5, 0.6) is 0 Å². The van der Waals surface area contributed by atoms with Gasteiger partial charge in [-0.3, -0.25) is 9.69 Å². The molecule has 0 aromatic heterocycles. The van der Waals surface area contributed by atoms with Crippen LogP contribution in [0, 0.1) is 0 Å². The topological polar surface area (TPSA) is 66.5 Å². The molecule has 0 atom stereocenters.